The number of pyridine rings is 1. The molecule has 16 heavy (non-hydrogen) atoms. The van der Waals surface area contributed by atoms with Gasteiger partial charge in [-0.05, 0) is 55.3 Å². The first-order valence-electron chi connectivity index (χ1n) is 5.49. The van der Waals surface area contributed by atoms with Crippen LogP contribution in [0.3, 0.4) is 0 Å². The lowest BCUT2D eigenvalue weighted by atomic mass is 10.1. The first-order valence-corrected chi connectivity index (χ1v) is 6.29. The molecule has 0 saturated heterocycles. The summed E-state index contributed by atoms with van der Waals surface area (Å²) in [6.07, 6.45) is 1.84. The molecule has 0 atom stereocenters. The fraction of sp³-hybridized carbons (Fsp3) is 0.583. The van der Waals surface area contributed by atoms with Crippen LogP contribution in [0.4, 0.5) is 5.69 Å². The summed E-state index contributed by atoms with van der Waals surface area (Å²) < 4.78 is 0.908. The summed E-state index contributed by atoms with van der Waals surface area (Å²) in [6, 6.07) is 2.09. The van der Waals surface area contributed by atoms with Crippen molar-refractivity contribution in [2.75, 3.05) is 18.4 Å². The zero-order valence-corrected chi connectivity index (χ0v) is 12.0. The number of rotatable bonds is 4. The highest BCUT2D eigenvalue weighted by molar-refractivity contribution is 9.10. The summed E-state index contributed by atoms with van der Waals surface area (Å²) in [4.78, 5) is 4.24. The first-order chi connectivity index (χ1) is 7.38. The van der Waals surface area contributed by atoms with Crippen LogP contribution in [-0.4, -0.2) is 23.6 Å². The normalized spacial score (nSPS) is 11.6. The zero-order chi connectivity index (χ0) is 12.2. The molecule has 0 unspecified atom stereocenters. The second-order valence-electron chi connectivity index (χ2n) is 4.94. The van der Waals surface area contributed by atoms with Crippen LogP contribution in [0, 0.1) is 6.92 Å². The van der Waals surface area contributed by atoms with E-state index in [2.05, 4.69) is 58.4 Å². The molecule has 0 radical (unpaired) electrons. The summed E-state index contributed by atoms with van der Waals surface area (Å²) in [5.41, 5.74) is 2.39. The Kier molecular flexibility index (Phi) is 4.74. The van der Waals surface area contributed by atoms with Gasteiger partial charge in [0.05, 0.1) is 11.9 Å². The lowest BCUT2D eigenvalue weighted by Gasteiger charge is -2.20. The average molecular weight is 286 g/mol. The van der Waals surface area contributed by atoms with Crippen molar-refractivity contribution >= 4 is 21.6 Å². The lowest BCUT2D eigenvalue weighted by molar-refractivity contribution is 0.435. The summed E-state index contributed by atoms with van der Waals surface area (Å²) in [6.45, 7) is 10.4. The van der Waals surface area contributed by atoms with Crippen LogP contribution in [0.5, 0.6) is 0 Å². The second-order valence-corrected chi connectivity index (χ2v) is 5.69. The maximum Gasteiger partial charge on any atom is 0.109 e. The van der Waals surface area contributed by atoms with E-state index in [1.165, 1.54) is 0 Å². The van der Waals surface area contributed by atoms with Crippen molar-refractivity contribution in [3.8, 4) is 0 Å². The van der Waals surface area contributed by atoms with Crippen molar-refractivity contribution in [1.29, 1.82) is 0 Å². The van der Waals surface area contributed by atoms with Gasteiger partial charge in [-0.2, -0.15) is 0 Å². The minimum absolute atomic E-state index is 0.176. The molecule has 0 spiro atoms. The summed E-state index contributed by atoms with van der Waals surface area (Å²) in [5, 5.41) is 6.77. The molecule has 0 fully saturated rings. The molecular formula is C12H20BrN3. The number of nitrogens with zero attached hydrogens (tertiary/aromatic N) is 1. The van der Waals surface area contributed by atoms with Crippen LogP contribution in [-0.2, 0) is 0 Å². The summed E-state index contributed by atoms with van der Waals surface area (Å²) in [7, 11) is 0. The van der Waals surface area contributed by atoms with E-state index in [-0.39, 0.29) is 5.54 Å². The Balaban J connectivity index is 2.35. The average Bonchev–Trinajstić information content (AvgIpc) is 2.17. The van der Waals surface area contributed by atoms with Crippen LogP contribution in [0.1, 0.15) is 26.3 Å². The Morgan fingerprint density at radius 1 is 1.31 bits per heavy atom. The lowest BCUT2D eigenvalue weighted by Crippen LogP contribution is -2.38. The quantitative estimate of drug-likeness (QED) is 0.660. The van der Waals surface area contributed by atoms with E-state index in [4.69, 9.17) is 0 Å². The summed E-state index contributed by atoms with van der Waals surface area (Å²) in [5.74, 6) is 0. The number of hydrogen-bond acceptors (Lipinski definition) is 3. The smallest absolute Gasteiger partial charge is 0.109 e. The second kappa shape index (κ2) is 5.64. The van der Waals surface area contributed by atoms with Crippen molar-refractivity contribution in [3.63, 3.8) is 0 Å². The highest BCUT2D eigenvalue weighted by Crippen LogP contribution is 2.16. The highest BCUT2D eigenvalue weighted by atomic mass is 79.9. The number of aromatic nitrogens is 1. The van der Waals surface area contributed by atoms with Crippen molar-refractivity contribution in [2.24, 2.45) is 0 Å². The Morgan fingerprint density at radius 3 is 2.56 bits per heavy atom. The van der Waals surface area contributed by atoms with Crippen molar-refractivity contribution in [2.45, 2.75) is 33.2 Å². The van der Waals surface area contributed by atoms with Gasteiger partial charge < -0.3 is 10.6 Å². The minimum atomic E-state index is 0.176. The Morgan fingerprint density at radius 2 is 2.00 bits per heavy atom. The molecule has 0 saturated carbocycles. The van der Waals surface area contributed by atoms with Crippen LogP contribution < -0.4 is 10.6 Å². The highest BCUT2D eigenvalue weighted by Gasteiger charge is 2.07. The Hall–Kier alpha value is -0.610. The molecule has 0 aliphatic heterocycles. The molecule has 0 amide bonds. The molecule has 3 nitrogen and oxygen atoms in total. The van der Waals surface area contributed by atoms with Crippen molar-refractivity contribution < 1.29 is 0 Å². The Labute approximate surface area is 106 Å². The summed E-state index contributed by atoms with van der Waals surface area (Å²) >= 11 is 3.39. The minimum Gasteiger partial charge on any atom is -0.383 e. The molecule has 90 valence electrons. The van der Waals surface area contributed by atoms with Gasteiger partial charge in [0.1, 0.15) is 4.60 Å². The van der Waals surface area contributed by atoms with Crippen molar-refractivity contribution in [3.05, 3.63) is 22.4 Å². The number of aryl methyl sites for hydroxylation is 1. The predicted molar refractivity (Wildman–Crippen MR) is 72.9 cm³/mol. The van der Waals surface area contributed by atoms with E-state index in [1.807, 2.05) is 13.1 Å². The largest absolute Gasteiger partial charge is 0.383 e. The first kappa shape index (κ1) is 13.5. The van der Waals surface area contributed by atoms with Gasteiger partial charge in [0.25, 0.3) is 0 Å². The van der Waals surface area contributed by atoms with E-state index in [0.717, 1.165) is 28.9 Å². The van der Waals surface area contributed by atoms with Crippen LogP contribution in [0.15, 0.2) is 16.9 Å². The standard InChI is InChI=1S/C12H20BrN3/c1-9-7-10(8-15-11(9)13)14-5-6-16-12(2,3)4/h7-8,14,16H,5-6H2,1-4H3. The molecule has 1 heterocycles. The van der Waals surface area contributed by atoms with Gasteiger partial charge in [0.2, 0.25) is 0 Å². The van der Waals surface area contributed by atoms with E-state index < -0.39 is 0 Å². The number of nitrogens with one attached hydrogen (secondary N) is 2. The van der Waals surface area contributed by atoms with Crippen LogP contribution >= 0.6 is 15.9 Å². The van der Waals surface area contributed by atoms with Gasteiger partial charge in [-0.15, -0.1) is 0 Å². The van der Waals surface area contributed by atoms with E-state index >= 15 is 0 Å². The monoisotopic (exact) mass is 285 g/mol. The van der Waals surface area contributed by atoms with Gasteiger partial charge in [-0.3, -0.25) is 0 Å². The topological polar surface area (TPSA) is 37.0 Å². The van der Waals surface area contributed by atoms with Gasteiger partial charge >= 0.3 is 0 Å². The van der Waals surface area contributed by atoms with E-state index in [1.54, 1.807) is 0 Å². The van der Waals surface area contributed by atoms with Crippen LogP contribution in [0.2, 0.25) is 0 Å². The van der Waals surface area contributed by atoms with Gasteiger partial charge in [-0.1, -0.05) is 0 Å². The number of halogens is 1. The third-order valence-electron chi connectivity index (χ3n) is 2.12. The molecule has 4 heteroatoms. The third-order valence-corrected chi connectivity index (χ3v) is 2.95. The molecule has 0 bridgehead atoms. The SMILES string of the molecule is Cc1cc(NCCNC(C)(C)C)cnc1Br. The molecule has 2 N–H and O–H groups in total. The Bertz CT molecular complexity index is 345. The van der Waals surface area contributed by atoms with E-state index in [0.29, 0.717) is 0 Å². The fourth-order valence-corrected chi connectivity index (χ4v) is 1.52. The molecule has 0 aliphatic carbocycles. The maximum atomic E-state index is 4.24. The van der Waals surface area contributed by atoms with Gasteiger partial charge in [0, 0.05) is 18.6 Å². The molecule has 1 aromatic heterocycles. The van der Waals surface area contributed by atoms with Crippen molar-refractivity contribution in [1.82, 2.24) is 10.3 Å². The molecule has 0 aromatic carbocycles. The molecule has 1 aromatic rings. The van der Waals surface area contributed by atoms with E-state index in [9.17, 15) is 0 Å². The predicted octanol–water partition coefficient (Wildman–Crippen LogP) is 2.95. The fourth-order valence-electron chi connectivity index (χ4n) is 1.30. The van der Waals surface area contributed by atoms with Gasteiger partial charge in [-0.25, -0.2) is 4.98 Å². The van der Waals surface area contributed by atoms with Crippen LogP contribution in [0.25, 0.3) is 0 Å². The molecule has 0 aliphatic rings. The molecule has 1 rings (SSSR count). The number of anilines is 1. The maximum absolute atomic E-state index is 4.24. The molecular weight excluding hydrogens is 266 g/mol. The third kappa shape index (κ3) is 4.94. The zero-order valence-electron chi connectivity index (χ0n) is 10.4. The van der Waals surface area contributed by atoms with Gasteiger partial charge in [0.15, 0.2) is 0 Å². The number of hydrogen-bond donors (Lipinski definition) is 2.